The Morgan fingerprint density at radius 1 is 1.44 bits per heavy atom. The highest BCUT2D eigenvalue weighted by Gasteiger charge is 2.04. The molecule has 50 valence electrons. The highest BCUT2D eigenvalue weighted by molar-refractivity contribution is 5.11. The van der Waals surface area contributed by atoms with Crippen molar-refractivity contribution in [3.05, 3.63) is 24.4 Å². The van der Waals surface area contributed by atoms with Gasteiger partial charge in [-0.15, -0.1) is 0 Å². The van der Waals surface area contributed by atoms with E-state index < -0.39 is 0 Å². The fraction of sp³-hybridized carbons (Fsp3) is 0.429. The Kier molecular flexibility index (Phi) is 1.90. The van der Waals surface area contributed by atoms with E-state index in [9.17, 15) is 0 Å². The first-order valence-electron chi connectivity index (χ1n) is 3.09. The minimum absolute atomic E-state index is 0.370. The molecule has 1 rings (SSSR count). The van der Waals surface area contributed by atoms with Crippen LogP contribution in [-0.4, -0.2) is 25.2 Å². The van der Waals surface area contributed by atoms with Gasteiger partial charge in [0.2, 0.25) is 0 Å². The van der Waals surface area contributed by atoms with Gasteiger partial charge in [-0.1, -0.05) is 6.08 Å². The van der Waals surface area contributed by atoms with Gasteiger partial charge < -0.3 is 4.90 Å². The quantitative estimate of drug-likeness (QED) is 0.549. The Balaban J connectivity index is 2.55. The van der Waals surface area contributed by atoms with Crippen LogP contribution in [0.25, 0.3) is 0 Å². The van der Waals surface area contributed by atoms with Crippen LogP contribution in [0.15, 0.2) is 24.4 Å². The topological polar surface area (TPSA) is 15.3 Å². The van der Waals surface area contributed by atoms with Crippen molar-refractivity contribution in [2.24, 2.45) is 0 Å². The Hall–Kier alpha value is -0.760. The SMILES string of the molecule is CNC1C=CC=CN1C. The van der Waals surface area contributed by atoms with E-state index >= 15 is 0 Å². The Morgan fingerprint density at radius 3 is 2.67 bits per heavy atom. The van der Waals surface area contributed by atoms with Gasteiger partial charge in [-0.3, -0.25) is 5.32 Å². The first-order chi connectivity index (χ1) is 4.34. The summed E-state index contributed by atoms with van der Waals surface area (Å²) in [5.74, 6) is 0. The number of hydrogen-bond donors (Lipinski definition) is 1. The summed E-state index contributed by atoms with van der Waals surface area (Å²) < 4.78 is 0. The lowest BCUT2D eigenvalue weighted by molar-refractivity contribution is 0.342. The lowest BCUT2D eigenvalue weighted by Crippen LogP contribution is -2.37. The molecule has 2 heteroatoms. The van der Waals surface area contributed by atoms with Gasteiger partial charge in [0.05, 0.1) is 6.17 Å². The maximum absolute atomic E-state index is 3.14. The minimum Gasteiger partial charge on any atom is -0.362 e. The van der Waals surface area contributed by atoms with Crippen LogP contribution in [0, 0.1) is 0 Å². The van der Waals surface area contributed by atoms with E-state index in [4.69, 9.17) is 0 Å². The average molecular weight is 124 g/mol. The zero-order valence-corrected chi connectivity index (χ0v) is 5.83. The summed E-state index contributed by atoms with van der Waals surface area (Å²) in [4.78, 5) is 2.11. The molecule has 1 aliphatic heterocycles. The lowest BCUT2D eigenvalue weighted by Gasteiger charge is -2.25. The van der Waals surface area contributed by atoms with Crippen molar-refractivity contribution in [3.63, 3.8) is 0 Å². The van der Waals surface area contributed by atoms with Gasteiger partial charge in [0.15, 0.2) is 0 Å². The van der Waals surface area contributed by atoms with Gasteiger partial charge in [0.1, 0.15) is 0 Å². The van der Waals surface area contributed by atoms with Crippen molar-refractivity contribution in [3.8, 4) is 0 Å². The standard InChI is InChI=1S/C7H12N2/c1-8-7-5-3-4-6-9(7)2/h3-8H,1-2H3. The molecule has 0 radical (unpaired) electrons. The normalized spacial score (nSPS) is 25.1. The summed E-state index contributed by atoms with van der Waals surface area (Å²) >= 11 is 0. The van der Waals surface area contributed by atoms with Crippen LogP contribution in [-0.2, 0) is 0 Å². The molecular formula is C7H12N2. The number of allylic oxidation sites excluding steroid dienone is 2. The summed E-state index contributed by atoms with van der Waals surface area (Å²) in [5.41, 5.74) is 0. The smallest absolute Gasteiger partial charge is 0.0979 e. The van der Waals surface area contributed by atoms with E-state index in [0.29, 0.717) is 6.17 Å². The summed E-state index contributed by atoms with van der Waals surface area (Å²) in [6.07, 6.45) is 8.59. The van der Waals surface area contributed by atoms with E-state index in [0.717, 1.165) is 0 Å². The summed E-state index contributed by atoms with van der Waals surface area (Å²) in [5, 5.41) is 3.14. The fourth-order valence-electron chi connectivity index (χ4n) is 0.883. The van der Waals surface area contributed by atoms with Crippen molar-refractivity contribution in [2.75, 3.05) is 14.1 Å². The summed E-state index contributed by atoms with van der Waals surface area (Å²) in [7, 11) is 3.99. The van der Waals surface area contributed by atoms with Crippen LogP contribution < -0.4 is 5.32 Å². The molecule has 0 saturated carbocycles. The zero-order valence-electron chi connectivity index (χ0n) is 5.83. The molecule has 0 aliphatic carbocycles. The van der Waals surface area contributed by atoms with Gasteiger partial charge in [-0.2, -0.15) is 0 Å². The van der Waals surface area contributed by atoms with E-state index in [2.05, 4.69) is 16.3 Å². The molecule has 1 heterocycles. The Bertz CT molecular complexity index is 138. The monoisotopic (exact) mass is 124 g/mol. The molecule has 0 fully saturated rings. The second-order valence-corrected chi connectivity index (χ2v) is 2.13. The number of likely N-dealkylation sites (N-methyl/N-ethyl adjacent to an activating group) is 2. The molecule has 0 spiro atoms. The van der Waals surface area contributed by atoms with Crippen LogP contribution in [0.3, 0.4) is 0 Å². The third kappa shape index (κ3) is 1.33. The second kappa shape index (κ2) is 2.69. The van der Waals surface area contributed by atoms with Gasteiger partial charge in [-0.25, -0.2) is 0 Å². The van der Waals surface area contributed by atoms with Crippen LogP contribution >= 0.6 is 0 Å². The molecule has 0 bridgehead atoms. The zero-order chi connectivity index (χ0) is 6.69. The van der Waals surface area contributed by atoms with Crippen LogP contribution in [0.5, 0.6) is 0 Å². The van der Waals surface area contributed by atoms with Gasteiger partial charge >= 0.3 is 0 Å². The Morgan fingerprint density at radius 2 is 2.22 bits per heavy atom. The molecule has 9 heavy (non-hydrogen) atoms. The van der Waals surface area contributed by atoms with Gasteiger partial charge in [0.25, 0.3) is 0 Å². The first-order valence-corrected chi connectivity index (χ1v) is 3.09. The van der Waals surface area contributed by atoms with E-state index in [-0.39, 0.29) is 0 Å². The average Bonchev–Trinajstić information content (AvgIpc) is 1.89. The lowest BCUT2D eigenvalue weighted by atomic mass is 10.3. The summed E-state index contributed by atoms with van der Waals surface area (Å²) in [6.45, 7) is 0. The predicted octanol–water partition coefficient (Wildman–Crippen LogP) is 0.547. The van der Waals surface area contributed by atoms with Crippen molar-refractivity contribution >= 4 is 0 Å². The highest BCUT2D eigenvalue weighted by Crippen LogP contribution is 2.00. The third-order valence-corrected chi connectivity index (χ3v) is 1.46. The maximum atomic E-state index is 3.14. The molecule has 0 aromatic carbocycles. The van der Waals surface area contributed by atoms with E-state index in [1.807, 2.05) is 32.4 Å². The molecule has 1 aliphatic rings. The number of hydrogen-bond acceptors (Lipinski definition) is 2. The van der Waals surface area contributed by atoms with Crippen LogP contribution in [0.4, 0.5) is 0 Å². The minimum atomic E-state index is 0.370. The molecular weight excluding hydrogens is 112 g/mol. The molecule has 1 N–H and O–H groups in total. The van der Waals surface area contributed by atoms with Crippen molar-refractivity contribution in [1.82, 2.24) is 10.2 Å². The number of rotatable bonds is 1. The highest BCUT2D eigenvalue weighted by atomic mass is 15.2. The number of nitrogens with zero attached hydrogens (tertiary/aromatic N) is 1. The predicted molar refractivity (Wildman–Crippen MR) is 38.9 cm³/mol. The van der Waals surface area contributed by atoms with Crippen molar-refractivity contribution < 1.29 is 0 Å². The van der Waals surface area contributed by atoms with E-state index in [1.165, 1.54) is 0 Å². The fourth-order valence-corrected chi connectivity index (χ4v) is 0.883. The van der Waals surface area contributed by atoms with Crippen LogP contribution in [0.1, 0.15) is 0 Å². The molecule has 0 aromatic heterocycles. The first kappa shape index (κ1) is 6.36. The van der Waals surface area contributed by atoms with Gasteiger partial charge in [0, 0.05) is 13.2 Å². The largest absolute Gasteiger partial charge is 0.362 e. The Labute approximate surface area is 55.9 Å². The van der Waals surface area contributed by atoms with Gasteiger partial charge in [-0.05, 0) is 19.2 Å². The number of nitrogens with one attached hydrogen (secondary N) is 1. The molecule has 1 unspecified atom stereocenters. The molecule has 0 amide bonds. The molecule has 2 nitrogen and oxygen atoms in total. The maximum Gasteiger partial charge on any atom is 0.0979 e. The van der Waals surface area contributed by atoms with Crippen molar-refractivity contribution in [1.29, 1.82) is 0 Å². The molecule has 1 atom stereocenters. The van der Waals surface area contributed by atoms with Crippen molar-refractivity contribution in [2.45, 2.75) is 6.17 Å². The van der Waals surface area contributed by atoms with E-state index in [1.54, 1.807) is 0 Å². The third-order valence-electron chi connectivity index (χ3n) is 1.46. The summed E-state index contributed by atoms with van der Waals surface area (Å²) in [6, 6.07) is 0. The molecule has 0 aromatic rings. The van der Waals surface area contributed by atoms with Crippen LogP contribution in [0.2, 0.25) is 0 Å². The second-order valence-electron chi connectivity index (χ2n) is 2.13. The molecule has 0 saturated heterocycles.